The molecule has 2 atom stereocenters. The lowest BCUT2D eigenvalue weighted by atomic mass is 9.88. The van der Waals surface area contributed by atoms with Gasteiger partial charge in [0.25, 0.3) is 0 Å². The van der Waals surface area contributed by atoms with Crippen molar-refractivity contribution in [3.05, 3.63) is 152 Å². The zero-order valence-corrected chi connectivity index (χ0v) is 44.5. The Bertz CT molecular complexity index is 2830. The molecule has 2 saturated carbocycles. The summed E-state index contributed by atoms with van der Waals surface area (Å²) >= 11 is 12.0. The Kier molecular flexibility index (Phi) is 16.9. The first-order chi connectivity index (χ1) is 34.7. The van der Waals surface area contributed by atoms with Gasteiger partial charge in [-0.25, -0.2) is 18.7 Å². The van der Waals surface area contributed by atoms with Gasteiger partial charge in [-0.1, -0.05) is 23.2 Å². The number of methoxy groups -OCH3 is 2. The van der Waals surface area contributed by atoms with Crippen molar-refractivity contribution in [1.82, 2.24) is 9.97 Å². The van der Waals surface area contributed by atoms with E-state index < -0.39 is 33.9 Å². The zero-order chi connectivity index (χ0) is 53.9. The van der Waals surface area contributed by atoms with E-state index in [0.717, 1.165) is 36.8 Å². The average Bonchev–Trinajstić information content (AvgIpc) is 4.32. The third-order valence-electron chi connectivity index (χ3n) is 13.0. The number of rotatable bonds is 20. The third kappa shape index (κ3) is 14.2. The second-order valence-electron chi connectivity index (χ2n) is 20.7. The van der Waals surface area contributed by atoms with Gasteiger partial charge in [0.1, 0.15) is 22.8 Å². The SMILES string of the molecule is COc1cc(C(=O)CCC(C)(O)c2cc(C(C)(C)N)cc(-c3ccc(F)c(Cl)c3)n2)ccc1OC1CC1.COc1cc(C(=O)CCC(C)(O)c2cc(C(C)(C)N)cc(-c3ccc(F)c(Cl)c3)n2)ccc1OC1CC1. The Morgan fingerprint density at radius 1 is 0.568 bits per heavy atom. The summed E-state index contributed by atoms with van der Waals surface area (Å²) in [5, 5.41) is 22.8. The number of ketones is 2. The van der Waals surface area contributed by atoms with Crippen LogP contribution in [0.1, 0.15) is 136 Å². The van der Waals surface area contributed by atoms with E-state index in [1.807, 2.05) is 27.7 Å². The number of nitrogens with zero attached hydrogens (tertiary/aromatic N) is 2. The van der Waals surface area contributed by atoms with E-state index >= 15 is 0 Å². The number of benzene rings is 4. The molecule has 74 heavy (non-hydrogen) atoms. The number of Topliss-reactive ketones (excluding diaryl/α,β-unsaturated/α-hetero) is 2. The van der Waals surface area contributed by atoms with Crippen molar-refractivity contribution in [2.24, 2.45) is 11.5 Å². The highest BCUT2D eigenvalue weighted by Gasteiger charge is 2.32. The van der Waals surface area contributed by atoms with Gasteiger partial charge in [0.15, 0.2) is 34.6 Å². The lowest BCUT2D eigenvalue weighted by Crippen LogP contribution is -2.31. The minimum absolute atomic E-state index is 0.0282. The zero-order valence-electron chi connectivity index (χ0n) is 43.0. The van der Waals surface area contributed by atoms with Crippen LogP contribution >= 0.6 is 23.2 Å². The number of hydrogen-bond donors (Lipinski definition) is 4. The van der Waals surface area contributed by atoms with Gasteiger partial charge >= 0.3 is 0 Å². The molecule has 0 radical (unpaired) electrons. The fraction of sp³-hybridized carbons (Fsp3) is 0.379. The van der Waals surface area contributed by atoms with Gasteiger partial charge in [-0.05, 0) is 188 Å². The molecule has 6 aromatic rings. The van der Waals surface area contributed by atoms with Crippen LogP contribution in [0.5, 0.6) is 23.0 Å². The minimum atomic E-state index is -1.44. The molecule has 16 heteroatoms. The largest absolute Gasteiger partial charge is 0.493 e. The Hall–Kier alpha value is -6.00. The number of aromatic nitrogens is 2. The highest BCUT2D eigenvalue weighted by atomic mass is 35.5. The highest BCUT2D eigenvalue weighted by Crippen LogP contribution is 2.39. The molecule has 2 heterocycles. The first-order valence-electron chi connectivity index (χ1n) is 24.5. The molecular weight excluding hydrogens is 990 g/mol. The summed E-state index contributed by atoms with van der Waals surface area (Å²) in [7, 11) is 3.08. The van der Waals surface area contributed by atoms with E-state index in [1.165, 1.54) is 38.5 Å². The maximum Gasteiger partial charge on any atom is 0.163 e. The topological polar surface area (TPSA) is 189 Å². The number of halogens is 4. The Balaban J connectivity index is 0.000000216. The van der Waals surface area contributed by atoms with Crippen molar-refractivity contribution in [3.63, 3.8) is 0 Å². The number of aliphatic hydroxyl groups is 2. The molecule has 6 N–H and O–H groups in total. The van der Waals surface area contributed by atoms with E-state index in [0.29, 0.717) is 68.0 Å². The standard InChI is InChI=1S/2C29H32ClFN2O4/c2*1-28(2,32)19-15-23(17-5-9-22(31)21(30)13-17)33-27(16-19)29(3,35)12-11-24(34)18-6-10-25(26(14-18)36-4)37-20-7-8-20/h2*5-6,9-10,13-16,20,35H,7-8,11-12,32H2,1-4H3. The monoisotopic (exact) mass is 1050 g/mol. The summed E-state index contributed by atoms with van der Waals surface area (Å²) < 4.78 is 50.0. The van der Waals surface area contributed by atoms with Crippen LogP contribution < -0.4 is 30.4 Å². The maximum atomic E-state index is 13.7. The molecule has 8 rings (SSSR count). The summed E-state index contributed by atoms with van der Waals surface area (Å²) in [5.41, 5.74) is 13.7. The molecule has 0 amide bonds. The van der Waals surface area contributed by atoms with Gasteiger partial charge in [0.2, 0.25) is 0 Å². The first kappa shape index (κ1) is 55.7. The van der Waals surface area contributed by atoms with Gasteiger partial charge in [0, 0.05) is 46.2 Å². The van der Waals surface area contributed by atoms with Crippen molar-refractivity contribution in [1.29, 1.82) is 0 Å². The lowest BCUT2D eigenvalue weighted by Gasteiger charge is -2.27. The minimum Gasteiger partial charge on any atom is -0.493 e. The number of pyridine rings is 2. The van der Waals surface area contributed by atoms with Crippen molar-refractivity contribution in [3.8, 4) is 45.5 Å². The Morgan fingerprint density at radius 2 is 0.932 bits per heavy atom. The third-order valence-corrected chi connectivity index (χ3v) is 13.5. The average molecular weight is 1050 g/mol. The molecule has 0 saturated heterocycles. The van der Waals surface area contributed by atoms with Crippen LogP contribution in [0.2, 0.25) is 10.0 Å². The number of nitrogens with two attached hydrogens (primary N) is 2. The van der Waals surface area contributed by atoms with Crippen molar-refractivity contribution in [2.75, 3.05) is 14.2 Å². The lowest BCUT2D eigenvalue weighted by molar-refractivity contribution is 0.0395. The van der Waals surface area contributed by atoms with Crippen LogP contribution in [0.3, 0.4) is 0 Å². The number of ether oxygens (including phenoxy) is 4. The molecule has 2 aromatic heterocycles. The molecular formula is C58H64Cl2F2N4O8. The quantitative estimate of drug-likeness (QED) is 0.0530. The maximum absolute atomic E-state index is 13.7. The second-order valence-corrected chi connectivity index (χ2v) is 21.5. The van der Waals surface area contributed by atoms with Crippen molar-refractivity contribution in [2.45, 2.75) is 127 Å². The summed E-state index contributed by atoms with van der Waals surface area (Å²) in [6.07, 6.45) is 4.90. The molecule has 392 valence electrons. The molecule has 2 aliphatic rings. The van der Waals surface area contributed by atoms with Crippen molar-refractivity contribution < 1.29 is 47.5 Å². The van der Waals surface area contributed by atoms with E-state index in [9.17, 15) is 28.6 Å². The number of carbonyl (C=O) groups is 2. The van der Waals surface area contributed by atoms with Crippen LogP contribution in [0.4, 0.5) is 8.78 Å². The molecule has 2 fully saturated rings. The fourth-order valence-corrected chi connectivity index (χ4v) is 8.19. The predicted octanol–water partition coefficient (Wildman–Crippen LogP) is 12.3. The van der Waals surface area contributed by atoms with E-state index in [1.54, 1.807) is 86.6 Å². The molecule has 4 aromatic carbocycles. The normalized spacial score (nSPS) is 15.2. The van der Waals surface area contributed by atoms with Gasteiger partial charge in [-0.15, -0.1) is 0 Å². The van der Waals surface area contributed by atoms with Gasteiger partial charge in [-0.3, -0.25) is 9.59 Å². The molecule has 2 unspecified atom stereocenters. The van der Waals surface area contributed by atoms with Crippen LogP contribution in [0, 0.1) is 11.6 Å². The summed E-state index contributed by atoms with van der Waals surface area (Å²) in [6.45, 7) is 10.6. The van der Waals surface area contributed by atoms with Crippen LogP contribution in [0.25, 0.3) is 22.5 Å². The highest BCUT2D eigenvalue weighted by molar-refractivity contribution is 6.31. The van der Waals surface area contributed by atoms with E-state index in [-0.39, 0.29) is 59.5 Å². The van der Waals surface area contributed by atoms with Crippen molar-refractivity contribution >= 4 is 34.8 Å². The number of hydrogen-bond acceptors (Lipinski definition) is 12. The Labute approximate surface area is 441 Å². The molecule has 0 spiro atoms. The first-order valence-corrected chi connectivity index (χ1v) is 25.3. The molecule has 0 aliphatic heterocycles. The van der Waals surface area contributed by atoms with Crippen LogP contribution in [-0.2, 0) is 22.3 Å². The molecule has 12 nitrogen and oxygen atoms in total. The van der Waals surface area contributed by atoms with E-state index in [4.69, 9.17) is 53.6 Å². The summed E-state index contributed by atoms with van der Waals surface area (Å²) in [6, 6.07) is 26.0. The smallest absolute Gasteiger partial charge is 0.163 e. The number of carbonyl (C=O) groups excluding carboxylic acids is 2. The Morgan fingerprint density at radius 3 is 1.24 bits per heavy atom. The van der Waals surface area contributed by atoms with Crippen LogP contribution in [0.15, 0.2) is 97.1 Å². The van der Waals surface area contributed by atoms with Gasteiger partial charge in [-0.2, -0.15) is 0 Å². The summed E-state index contributed by atoms with van der Waals surface area (Å²) in [4.78, 5) is 35.3. The molecule has 2 aliphatic carbocycles. The summed E-state index contributed by atoms with van der Waals surface area (Å²) in [5.74, 6) is 0.901. The van der Waals surface area contributed by atoms with E-state index in [2.05, 4.69) is 9.97 Å². The molecule has 0 bridgehead atoms. The predicted molar refractivity (Wildman–Crippen MR) is 283 cm³/mol. The second kappa shape index (κ2) is 22.5. The van der Waals surface area contributed by atoms with Gasteiger partial charge < -0.3 is 40.6 Å². The van der Waals surface area contributed by atoms with Gasteiger partial charge in [0.05, 0.1) is 59.2 Å². The van der Waals surface area contributed by atoms with Crippen LogP contribution in [-0.4, -0.2) is 58.2 Å². The fourth-order valence-electron chi connectivity index (χ4n) is 7.83.